The Morgan fingerprint density at radius 2 is 2.03 bits per heavy atom. The third-order valence-corrected chi connectivity index (χ3v) is 5.35. The number of guanidine groups is 1. The van der Waals surface area contributed by atoms with Crippen LogP contribution in [0.15, 0.2) is 35.5 Å². The van der Waals surface area contributed by atoms with Gasteiger partial charge in [-0.25, -0.2) is 0 Å². The van der Waals surface area contributed by atoms with E-state index in [1.165, 1.54) is 16.5 Å². The molecule has 0 aliphatic carbocycles. The highest BCUT2D eigenvalue weighted by Gasteiger charge is 2.13. The van der Waals surface area contributed by atoms with Crippen molar-refractivity contribution in [2.24, 2.45) is 10.9 Å². The maximum absolute atomic E-state index is 5.83. The molecule has 1 aliphatic heterocycles. The zero-order valence-corrected chi connectivity index (χ0v) is 20.5. The lowest BCUT2D eigenvalue weighted by atomic mass is 10.0. The predicted molar refractivity (Wildman–Crippen MR) is 135 cm³/mol. The molecule has 0 bridgehead atoms. The molecule has 1 fully saturated rings. The van der Waals surface area contributed by atoms with Crippen molar-refractivity contribution in [3.8, 4) is 0 Å². The third-order valence-electron chi connectivity index (χ3n) is 5.35. The van der Waals surface area contributed by atoms with E-state index < -0.39 is 0 Å². The van der Waals surface area contributed by atoms with E-state index in [4.69, 9.17) is 14.5 Å². The van der Waals surface area contributed by atoms with Gasteiger partial charge in [0.05, 0.1) is 0 Å². The highest BCUT2D eigenvalue weighted by Crippen LogP contribution is 2.19. The highest BCUT2D eigenvalue weighted by molar-refractivity contribution is 14.0. The van der Waals surface area contributed by atoms with Crippen molar-refractivity contribution in [1.82, 2.24) is 15.6 Å². The molecule has 1 aliphatic rings. The van der Waals surface area contributed by atoms with Gasteiger partial charge in [0.25, 0.3) is 0 Å². The summed E-state index contributed by atoms with van der Waals surface area (Å²) in [6.07, 6.45) is 7.45. The highest BCUT2D eigenvalue weighted by atomic mass is 127. The van der Waals surface area contributed by atoms with Crippen molar-refractivity contribution in [2.45, 2.75) is 39.0 Å². The number of para-hydroxylation sites is 1. The molecular weight excluding hydrogens is 491 g/mol. The maximum atomic E-state index is 5.83. The number of hydrogen-bond donors (Lipinski definition) is 3. The number of H-pyrrole nitrogens is 1. The van der Waals surface area contributed by atoms with E-state index in [1.54, 1.807) is 0 Å². The van der Waals surface area contributed by atoms with Crippen LogP contribution in [0.2, 0.25) is 0 Å². The van der Waals surface area contributed by atoms with Crippen molar-refractivity contribution >= 4 is 40.8 Å². The van der Waals surface area contributed by atoms with Gasteiger partial charge in [0.2, 0.25) is 0 Å². The molecule has 2 heterocycles. The Balaban J connectivity index is 0.00000320. The van der Waals surface area contributed by atoms with Crippen LogP contribution in [0.25, 0.3) is 10.9 Å². The number of aryl methyl sites for hydroxylation is 1. The summed E-state index contributed by atoms with van der Waals surface area (Å²) in [6, 6.07) is 8.47. The minimum atomic E-state index is 0. The second kappa shape index (κ2) is 14.6. The number of nitrogens with one attached hydrogen (secondary N) is 3. The molecule has 0 amide bonds. The number of hydrogen-bond acceptors (Lipinski definition) is 3. The Morgan fingerprint density at radius 3 is 2.87 bits per heavy atom. The minimum absolute atomic E-state index is 0. The molecule has 2 aromatic rings. The average molecular weight is 528 g/mol. The van der Waals surface area contributed by atoms with Crippen LogP contribution in [-0.4, -0.2) is 57.0 Å². The van der Waals surface area contributed by atoms with Crippen molar-refractivity contribution in [2.75, 3.05) is 46.1 Å². The van der Waals surface area contributed by atoms with Crippen molar-refractivity contribution in [3.63, 3.8) is 0 Å². The molecule has 0 saturated carbocycles. The third kappa shape index (κ3) is 8.43. The second-order valence-electron chi connectivity index (χ2n) is 7.63. The van der Waals surface area contributed by atoms with Gasteiger partial charge in [0, 0.05) is 63.2 Å². The van der Waals surface area contributed by atoms with Gasteiger partial charge in [0.1, 0.15) is 0 Å². The van der Waals surface area contributed by atoms with Gasteiger partial charge in [-0.3, -0.25) is 4.99 Å². The summed E-state index contributed by atoms with van der Waals surface area (Å²) in [5.74, 6) is 1.57. The molecule has 0 spiro atoms. The van der Waals surface area contributed by atoms with Gasteiger partial charge in [-0.2, -0.15) is 0 Å². The summed E-state index contributed by atoms with van der Waals surface area (Å²) < 4.78 is 11.2. The second-order valence-corrected chi connectivity index (χ2v) is 7.63. The molecule has 1 aromatic carbocycles. The van der Waals surface area contributed by atoms with Crippen LogP contribution in [0.3, 0.4) is 0 Å². The summed E-state index contributed by atoms with van der Waals surface area (Å²) in [6.45, 7) is 8.10. The molecule has 1 aromatic heterocycles. The Kier molecular flexibility index (Phi) is 12.2. The monoisotopic (exact) mass is 528 g/mol. The molecule has 0 unspecified atom stereocenters. The quantitative estimate of drug-likeness (QED) is 0.178. The zero-order chi connectivity index (χ0) is 20.2. The first-order valence-corrected chi connectivity index (χ1v) is 11.1. The fraction of sp³-hybridized carbons (Fsp3) is 0.609. The van der Waals surface area contributed by atoms with Crippen LogP contribution in [0.5, 0.6) is 0 Å². The zero-order valence-electron chi connectivity index (χ0n) is 18.1. The van der Waals surface area contributed by atoms with Gasteiger partial charge in [-0.1, -0.05) is 18.2 Å². The van der Waals surface area contributed by atoms with Gasteiger partial charge >= 0.3 is 0 Å². The first-order valence-electron chi connectivity index (χ1n) is 11.1. The molecule has 0 atom stereocenters. The lowest BCUT2D eigenvalue weighted by Crippen LogP contribution is -2.38. The number of aliphatic imine (C=N–C) groups is 1. The van der Waals surface area contributed by atoms with E-state index >= 15 is 0 Å². The van der Waals surface area contributed by atoms with Crippen molar-refractivity contribution in [1.29, 1.82) is 0 Å². The molecular formula is C23H37IN4O2. The Morgan fingerprint density at radius 1 is 1.20 bits per heavy atom. The number of rotatable bonds is 11. The van der Waals surface area contributed by atoms with E-state index in [2.05, 4.69) is 53.0 Å². The van der Waals surface area contributed by atoms with Crippen molar-refractivity contribution < 1.29 is 9.47 Å². The van der Waals surface area contributed by atoms with Gasteiger partial charge in [-0.15, -0.1) is 24.0 Å². The summed E-state index contributed by atoms with van der Waals surface area (Å²) >= 11 is 0. The smallest absolute Gasteiger partial charge is 0.191 e. The SMILES string of the molecule is CCNC(=NCCCc1c[nH]c2ccccc12)NCCCOCC1CCOCC1.I. The molecule has 30 heavy (non-hydrogen) atoms. The Bertz CT molecular complexity index is 744. The van der Waals surface area contributed by atoms with E-state index in [9.17, 15) is 0 Å². The first-order chi connectivity index (χ1) is 14.4. The van der Waals surface area contributed by atoms with E-state index in [0.717, 1.165) is 84.1 Å². The summed E-state index contributed by atoms with van der Waals surface area (Å²) in [7, 11) is 0. The van der Waals surface area contributed by atoms with Crippen LogP contribution >= 0.6 is 24.0 Å². The first kappa shape index (κ1) is 24.9. The van der Waals surface area contributed by atoms with Gasteiger partial charge < -0.3 is 25.1 Å². The fourth-order valence-corrected chi connectivity index (χ4v) is 3.68. The van der Waals surface area contributed by atoms with Crippen LogP contribution in [0.1, 0.15) is 38.2 Å². The van der Waals surface area contributed by atoms with E-state index in [-0.39, 0.29) is 24.0 Å². The minimum Gasteiger partial charge on any atom is -0.381 e. The van der Waals surface area contributed by atoms with Crippen LogP contribution in [0.4, 0.5) is 0 Å². The summed E-state index contributed by atoms with van der Waals surface area (Å²) in [5.41, 5.74) is 2.58. The molecule has 3 rings (SSSR count). The Labute approximate surface area is 197 Å². The largest absolute Gasteiger partial charge is 0.381 e. The number of nitrogens with zero attached hydrogens (tertiary/aromatic N) is 1. The molecule has 1 saturated heterocycles. The van der Waals surface area contributed by atoms with Crippen molar-refractivity contribution in [3.05, 3.63) is 36.0 Å². The van der Waals surface area contributed by atoms with Crippen LogP contribution < -0.4 is 10.6 Å². The number of fused-ring (bicyclic) bond motifs is 1. The van der Waals surface area contributed by atoms with Crippen LogP contribution in [-0.2, 0) is 15.9 Å². The predicted octanol–water partition coefficient (Wildman–Crippen LogP) is 4.11. The molecule has 6 nitrogen and oxygen atoms in total. The lowest BCUT2D eigenvalue weighted by Gasteiger charge is -2.21. The Hall–Kier alpha value is -1.32. The summed E-state index contributed by atoms with van der Waals surface area (Å²) in [4.78, 5) is 8.06. The number of aromatic nitrogens is 1. The van der Waals surface area contributed by atoms with E-state index in [0.29, 0.717) is 5.92 Å². The van der Waals surface area contributed by atoms with E-state index in [1.807, 2.05) is 0 Å². The number of halogens is 1. The molecule has 7 heteroatoms. The standard InChI is InChI=1S/C23H36N4O2.HI/c1-2-24-23(26-13-6-14-29-18-19-10-15-28-16-11-19)25-12-5-7-20-17-27-22-9-4-3-8-21(20)22;/h3-4,8-9,17,19,27H,2,5-7,10-16,18H2,1H3,(H2,24,25,26);1H. The number of ether oxygens (including phenoxy) is 2. The maximum Gasteiger partial charge on any atom is 0.191 e. The molecule has 0 radical (unpaired) electrons. The molecule has 3 N–H and O–H groups in total. The topological polar surface area (TPSA) is 70.7 Å². The average Bonchev–Trinajstić information content (AvgIpc) is 3.17. The van der Waals surface area contributed by atoms with Gasteiger partial charge in [-0.05, 0) is 56.6 Å². The fourth-order valence-electron chi connectivity index (χ4n) is 3.68. The normalized spacial score (nSPS) is 15.2. The van der Waals surface area contributed by atoms with Gasteiger partial charge in [0.15, 0.2) is 5.96 Å². The lowest BCUT2D eigenvalue weighted by molar-refractivity contribution is 0.0203. The summed E-state index contributed by atoms with van der Waals surface area (Å²) in [5, 5.41) is 8.06. The van der Waals surface area contributed by atoms with Crippen LogP contribution in [0, 0.1) is 5.92 Å². The molecule has 168 valence electrons. The number of aromatic amines is 1. The number of benzene rings is 1.